The molecular formula is C13H19O5PS. The first-order valence-corrected chi connectivity index (χ1v) is 9.22. The summed E-state index contributed by atoms with van der Waals surface area (Å²) in [5, 5.41) is 9.67. The first-order chi connectivity index (χ1) is 9.43. The topological polar surface area (TPSA) is 87.0 Å². The van der Waals surface area contributed by atoms with Gasteiger partial charge in [0.25, 0.3) is 0 Å². The molecule has 1 aliphatic rings. The molecule has 1 aromatic rings. The Morgan fingerprint density at radius 1 is 1.50 bits per heavy atom. The Bertz CT molecular complexity index is 515. The van der Waals surface area contributed by atoms with Crippen molar-refractivity contribution in [1.82, 2.24) is 0 Å². The molecule has 0 radical (unpaired) electrons. The highest BCUT2D eigenvalue weighted by molar-refractivity contribution is 7.99. The molecule has 112 valence electrons. The molecule has 0 fully saturated rings. The maximum Gasteiger partial charge on any atom is 0.353 e. The van der Waals surface area contributed by atoms with Crippen LogP contribution in [0.4, 0.5) is 0 Å². The quantitative estimate of drug-likeness (QED) is 0.571. The van der Waals surface area contributed by atoms with Crippen molar-refractivity contribution in [2.75, 3.05) is 12.4 Å². The van der Waals surface area contributed by atoms with Crippen molar-refractivity contribution >= 4 is 19.4 Å². The van der Waals surface area contributed by atoms with Gasteiger partial charge in [-0.1, -0.05) is 13.0 Å². The number of hydrogen-bond acceptors (Lipinski definition) is 4. The molecule has 1 aromatic carbocycles. The zero-order chi connectivity index (χ0) is 14.8. The number of aliphatic hydroxyl groups excluding tert-OH is 1. The van der Waals surface area contributed by atoms with Crippen molar-refractivity contribution in [3.05, 3.63) is 23.8 Å². The molecule has 1 aliphatic heterocycles. The lowest BCUT2D eigenvalue weighted by molar-refractivity contribution is 0.171. The summed E-state index contributed by atoms with van der Waals surface area (Å²) in [5.41, 5.74) is 0.970. The lowest BCUT2D eigenvalue weighted by atomic mass is 9.90. The summed E-state index contributed by atoms with van der Waals surface area (Å²) in [6.45, 7) is 2.55. The number of ether oxygens (including phenoxy) is 1. The molecule has 2 unspecified atom stereocenters. The van der Waals surface area contributed by atoms with E-state index < -0.39 is 13.4 Å². The monoisotopic (exact) mass is 318 g/mol. The highest BCUT2D eigenvalue weighted by Crippen LogP contribution is 2.48. The van der Waals surface area contributed by atoms with Crippen molar-refractivity contribution in [3.63, 3.8) is 0 Å². The van der Waals surface area contributed by atoms with Crippen molar-refractivity contribution in [2.24, 2.45) is 0 Å². The third-order valence-electron chi connectivity index (χ3n) is 3.34. The van der Waals surface area contributed by atoms with E-state index in [-0.39, 0.29) is 12.3 Å². The zero-order valence-electron chi connectivity index (χ0n) is 11.2. The number of benzene rings is 1. The predicted octanol–water partition coefficient (Wildman–Crippen LogP) is 2.55. The van der Waals surface area contributed by atoms with Crippen molar-refractivity contribution in [2.45, 2.75) is 36.4 Å². The van der Waals surface area contributed by atoms with Crippen LogP contribution in [-0.4, -0.2) is 33.1 Å². The third kappa shape index (κ3) is 3.57. The van der Waals surface area contributed by atoms with Crippen LogP contribution in [0.15, 0.2) is 23.1 Å². The number of hydrogen-bond donors (Lipinski definition) is 3. The number of thioether (sulfide) groups is 1. The molecule has 0 bridgehead atoms. The molecule has 0 aromatic heterocycles. The van der Waals surface area contributed by atoms with Crippen LogP contribution in [0.2, 0.25) is 0 Å². The second-order valence-corrected chi connectivity index (χ2v) is 7.82. The molecule has 7 heteroatoms. The Hall–Kier alpha value is -0.520. The fourth-order valence-electron chi connectivity index (χ4n) is 2.42. The first kappa shape index (κ1) is 15.9. The highest BCUT2D eigenvalue weighted by Gasteiger charge is 2.33. The first-order valence-electron chi connectivity index (χ1n) is 6.55. The van der Waals surface area contributed by atoms with Gasteiger partial charge in [0.1, 0.15) is 5.75 Å². The molecule has 0 saturated heterocycles. The normalized spacial score (nSPS) is 20.1. The minimum absolute atomic E-state index is 0.0575. The van der Waals surface area contributed by atoms with E-state index >= 15 is 0 Å². The highest BCUT2D eigenvalue weighted by atomic mass is 32.2. The molecule has 1 heterocycles. The summed E-state index contributed by atoms with van der Waals surface area (Å²) < 4.78 is 16.8. The summed E-state index contributed by atoms with van der Waals surface area (Å²) in [6.07, 6.45) is 0.716. The lowest BCUT2D eigenvalue weighted by Crippen LogP contribution is -2.20. The Morgan fingerprint density at radius 2 is 2.25 bits per heavy atom. The maximum atomic E-state index is 11.1. The van der Waals surface area contributed by atoms with Gasteiger partial charge in [0, 0.05) is 10.5 Å². The van der Waals surface area contributed by atoms with Crippen molar-refractivity contribution in [1.29, 1.82) is 0 Å². The van der Waals surface area contributed by atoms with Crippen LogP contribution in [0.25, 0.3) is 0 Å². The second-order valence-electron chi connectivity index (χ2n) is 4.74. The average Bonchev–Trinajstić information content (AvgIpc) is 2.38. The molecule has 0 amide bonds. The standard InChI is InChI=1S/C13H19O5PS/c1-2-20-11-5-3-4-10-13(11)9(6-7-18-10)8-12(14)19(15,16)17/h3-5,9,12,14H,2,6-8H2,1H3,(H2,15,16,17). The van der Waals surface area contributed by atoms with Gasteiger partial charge in [0.2, 0.25) is 0 Å². The van der Waals surface area contributed by atoms with Gasteiger partial charge in [0.05, 0.1) is 6.61 Å². The predicted molar refractivity (Wildman–Crippen MR) is 78.4 cm³/mol. The minimum Gasteiger partial charge on any atom is -0.493 e. The van der Waals surface area contributed by atoms with E-state index in [0.717, 1.165) is 22.0 Å². The van der Waals surface area contributed by atoms with Gasteiger partial charge in [-0.3, -0.25) is 4.57 Å². The smallest absolute Gasteiger partial charge is 0.353 e. The van der Waals surface area contributed by atoms with Crippen LogP contribution in [-0.2, 0) is 4.57 Å². The van der Waals surface area contributed by atoms with E-state index in [9.17, 15) is 9.67 Å². The van der Waals surface area contributed by atoms with Gasteiger partial charge in [0.15, 0.2) is 5.85 Å². The molecule has 0 spiro atoms. The molecule has 3 N–H and O–H groups in total. The Kier molecular flexibility index (Phi) is 5.15. The fraction of sp³-hybridized carbons (Fsp3) is 0.538. The minimum atomic E-state index is -4.46. The average molecular weight is 318 g/mol. The molecule has 2 rings (SSSR count). The second kappa shape index (κ2) is 6.50. The van der Waals surface area contributed by atoms with Gasteiger partial charge in [-0.15, -0.1) is 11.8 Å². The maximum absolute atomic E-state index is 11.1. The van der Waals surface area contributed by atoms with Crippen LogP contribution in [0.5, 0.6) is 5.75 Å². The molecular weight excluding hydrogens is 299 g/mol. The summed E-state index contributed by atoms with van der Waals surface area (Å²) in [7, 11) is -4.46. The van der Waals surface area contributed by atoms with Crippen LogP contribution in [0, 0.1) is 0 Å². The number of fused-ring (bicyclic) bond motifs is 1. The van der Waals surface area contributed by atoms with E-state index in [1.807, 2.05) is 25.1 Å². The van der Waals surface area contributed by atoms with E-state index in [1.54, 1.807) is 11.8 Å². The van der Waals surface area contributed by atoms with Gasteiger partial charge in [-0.2, -0.15) is 0 Å². The van der Waals surface area contributed by atoms with Crippen LogP contribution in [0.3, 0.4) is 0 Å². The van der Waals surface area contributed by atoms with Gasteiger partial charge in [-0.25, -0.2) is 0 Å². The molecule has 0 saturated carbocycles. The number of rotatable bonds is 5. The number of aliphatic hydroxyl groups is 1. The van der Waals surface area contributed by atoms with Gasteiger partial charge >= 0.3 is 7.60 Å². The van der Waals surface area contributed by atoms with Gasteiger partial charge < -0.3 is 19.6 Å². The molecule has 5 nitrogen and oxygen atoms in total. The van der Waals surface area contributed by atoms with E-state index in [0.29, 0.717) is 13.0 Å². The molecule has 0 aliphatic carbocycles. The van der Waals surface area contributed by atoms with E-state index in [1.165, 1.54) is 0 Å². The summed E-state index contributed by atoms with van der Waals surface area (Å²) in [5.74, 6) is -0.0307. The molecule has 20 heavy (non-hydrogen) atoms. The van der Waals surface area contributed by atoms with Gasteiger partial charge in [-0.05, 0) is 36.6 Å². The Balaban J connectivity index is 2.29. The lowest BCUT2D eigenvalue weighted by Gasteiger charge is -2.29. The van der Waals surface area contributed by atoms with Crippen LogP contribution in [0.1, 0.15) is 31.2 Å². The van der Waals surface area contributed by atoms with Crippen LogP contribution >= 0.6 is 19.4 Å². The third-order valence-corrected chi connectivity index (χ3v) is 5.28. The van der Waals surface area contributed by atoms with E-state index in [4.69, 9.17) is 14.5 Å². The van der Waals surface area contributed by atoms with E-state index in [2.05, 4.69) is 0 Å². The summed E-state index contributed by atoms with van der Waals surface area (Å²) >= 11 is 1.67. The van der Waals surface area contributed by atoms with Crippen molar-refractivity contribution < 1.29 is 24.2 Å². The summed E-state index contributed by atoms with van der Waals surface area (Å²) in [6, 6.07) is 5.77. The van der Waals surface area contributed by atoms with Crippen LogP contribution < -0.4 is 4.74 Å². The van der Waals surface area contributed by atoms with Crippen molar-refractivity contribution in [3.8, 4) is 5.75 Å². The Labute approximate surface area is 122 Å². The Morgan fingerprint density at radius 3 is 2.90 bits per heavy atom. The zero-order valence-corrected chi connectivity index (χ0v) is 12.9. The fourth-order valence-corrected chi connectivity index (χ4v) is 3.85. The largest absolute Gasteiger partial charge is 0.493 e. The SMILES string of the molecule is CCSc1cccc2c1C(CC(O)P(=O)(O)O)CCO2. The summed E-state index contributed by atoms with van der Waals surface area (Å²) in [4.78, 5) is 19.2. The molecule has 2 atom stereocenters.